The van der Waals surface area contributed by atoms with E-state index < -0.39 is 0 Å². The molecule has 0 saturated heterocycles. The Bertz CT molecular complexity index is 754. The smallest absolute Gasteiger partial charge is 0.230 e. The van der Waals surface area contributed by atoms with Gasteiger partial charge in [-0.3, -0.25) is 4.79 Å². The van der Waals surface area contributed by atoms with Gasteiger partial charge < -0.3 is 10.6 Å². The van der Waals surface area contributed by atoms with Gasteiger partial charge in [0.25, 0.3) is 0 Å². The van der Waals surface area contributed by atoms with Gasteiger partial charge in [-0.1, -0.05) is 41.9 Å². The Labute approximate surface area is 153 Å². The number of hydrogen-bond donors (Lipinski definition) is 2. The second-order valence-corrected chi connectivity index (χ2v) is 6.91. The predicted octanol–water partition coefficient (Wildman–Crippen LogP) is 3.71. The molecule has 2 aromatic rings. The van der Waals surface area contributed by atoms with Gasteiger partial charge in [-0.15, -0.1) is 12.4 Å². The van der Waals surface area contributed by atoms with Crippen LogP contribution in [0.15, 0.2) is 42.5 Å². The molecule has 0 spiro atoms. The molecule has 1 fully saturated rings. The van der Waals surface area contributed by atoms with Gasteiger partial charge in [0.15, 0.2) is 0 Å². The normalized spacial score (nSPS) is 16.9. The summed E-state index contributed by atoms with van der Waals surface area (Å²) in [5.74, 6) is 0.124. The summed E-state index contributed by atoms with van der Waals surface area (Å²) in [7, 11) is 0. The molecule has 1 heterocycles. The predicted molar refractivity (Wildman–Crippen MR) is 98.4 cm³/mol. The van der Waals surface area contributed by atoms with Crippen molar-refractivity contribution in [1.29, 1.82) is 0 Å². The van der Waals surface area contributed by atoms with Crippen molar-refractivity contribution in [2.24, 2.45) is 0 Å². The highest BCUT2D eigenvalue weighted by Crippen LogP contribution is 2.48. The summed E-state index contributed by atoms with van der Waals surface area (Å²) in [6.45, 7) is 2.45. The summed E-state index contributed by atoms with van der Waals surface area (Å²) in [4.78, 5) is 12.7. The van der Waals surface area contributed by atoms with Crippen molar-refractivity contribution in [3.63, 3.8) is 0 Å². The van der Waals surface area contributed by atoms with Gasteiger partial charge in [0, 0.05) is 24.7 Å². The highest BCUT2D eigenvalue weighted by atomic mass is 35.5. The first-order valence-electron chi connectivity index (χ1n) is 8.03. The highest BCUT2D eigenvalue weighted by Gasteiger charge is 2.51. The Morgan fingerprint density at radius 2 is 1.79 bits per heavy atom. The molecule has 4 rings (SSSR count). The summed E-state index contributed by atoms with van der Waals surface area (Å²) >= 11 is 5.94. The summed E-state index contributed by atoms with van der Waals surface area (Å²) in [6, 6.07) is 14.1. The average molecular weight is 363 g/mol. The van der Waals surface area contributed by atoms with Crippen LogP contribution in [0, 0.1) is 0 Å². The molecule has 3 nitrogen and oxygen atoms in total. The quantitative estimate of drug-likeness (QED) is 0.870. The lowest BCUT2D eigenvalue weighted by Crippen LogP contribution is -2.34. The van der Waals surface area contributed by atoms with Crippen LogP contribution in [0.3, 0.4) is 0 Å². The molecular formula is C19H20Cl2N2O. The third kappa shape index (κ3) is 3.16. The van der Waals surface area contributed by atoms with Gasteiger partial charge in [0.05, 0.1) is 5.41 Å². The number of rotatable bonds is 4. The zero-order valence-corrected chi connectivity index (χ0v) is 14.8. The molecule has 126 valence electrons. The van der Waals surface area contributed by atoms with E-state index in [0.29, 0.717) is 11.6 Å². The van der Waals surface area contributed by atoms with Gasteiger partial charge in [-0.25, -0.2) is 0 Å². The van der Waals surface area contributed by atoms with Crippen molar-refractivity contribution in [3.8, 4) is 0 Å². The van der Waals surface area contributed by atoms with Crippen LogP contribution in [0.2, 0.25) is 5.02 Å². The summed E-state index contributed by atoms with van der Waals surface area (Å²) in [5.41, 5.74) is 4.59. The maximum absolute atomic E-state index is 12.7. The monoisotopic (exact) mass is 362 g/mol. The lowest BCUT2D eigenvalue weighted by atomic mass is 9.95. The third-order valence-corrected chi connectivity index (χ3v) is 5.19. The first-order chi connectivity index (χ1) is 11.2. The molecule has 24 heavy (non-hydrogen) atoms. The summed E-state index contributed by atoms with van der Waals surface area (Å²) < 4.78 is 0. The second kappa shape index (κ2) is 6.75. The minimum absolute atomic E-state index is 0. The molecule has 1 saturated carbocycles. The number of hydrogen-bond acceptors (Lipinski definition) is 2. The van der Waals surface area contributed by atoms with E-state index in [1.807, 2.05) is 24.3 Å². The number of carbonyl (C=O) groups excluding carboxylic acids is 1. The molecule has 1 aliphatic heterocycles. The van der Waals surface area contributed by atoms with Crippen molar-refractivity contribution in [1.82, 2.24) is 10.6 Å². The minimum Gasteiger partial charge on any atom is -0.351 e. The van der Waals surface area contributed by atoms with Crippen molar-refractivity contribution in [2.75, 3.05) is 0 Å². The Morgan fingerprint density at radius 1 is 1.08 bits per heavy atom. The van der Waals surface area contributed by atoms with E-state index in [2.05, 4.69) is 28.8 Å². The lowest BCUT2D eigenvalue weighted by molar-refractivity contribution is -0.123. The van der Waals surface area contributed by atoms with Crippen LogP contribution in [-0.2, 0) is 29.8 Å². The number of nitrogens with one attached hydrogen (secondary N) is 2. The van der Waals surface area contributed by atoms with Gasteiger partial charge in [-0.2, -0.15) is 0 Å². The lowest BCUT2D eigenvalue weighted by Gasteiger charge is -2.16. The topological polar surface area (TPSA) is 41.1 Å². The fourth-order valence-corrected chi connectivity index (χ4v) is 3.48. The van der Waals surface area contributed by atoms with Crippen LogP contribution in [-0.4, -0.2) is 5.91 Å². The molecule has 0 unspecified atom stereocenters. The molecule has 0 bridgehead atoms. The van der Waals surface area contributed by atoms with E-state index in [1.54, 1.807) is 0 Å². The van der Waals surface area contributed by atoms with E-state index in [4.69, 9.17) is 11.6 Å². The highest BCUT2D eigenvalue weighted by molar-refractivity contribution is 6.30. The molecule has 1 aliphatic carbocycles. The number of carbonyl (C=O) groups is 1. The van der Waals surface area contributed by atoms with Gasteiger partial charge in [0.2, 0.25) is 5.91 Å². The summed E-state index contributed by atoms with van der Waals surface area (Å²) in [5, 5.41) is 7.16. The first-order valence-corrected chi connectivity index (χ1v) is 8.41. The van der Waals surface area contributed by atoms with Crippen LogP contribution in [0.5, 0.6) is 0 Å². The molecule has 1 amide bonds. The van der Waals surface area contributed by atoms with Gasteiger partial charge in [-0.05, 0) is 47.2 Å². The molecule has 2 aliphatic rings. The summed E-state index contributed by atoms with van der Waals surface area (Å²) in [6.07, 6.45) is 1.82. The molecule has 2 N–H and O–H groups in total. The first kappa shape index (κ1) is 17.3. The Kier molecular flexibility index (Phi) is 4.86. The minimum atomic E-state index is -0.344. The van der Waals surface area contributed by atoms with Crippen LogP contribution in [0.4, 0.5) is 0 Å². The van der Waals surface area contributed by atoms with E-state index >= 15 is 0 Å². The van der Waals surface area contributed by atoms with Crippen molar-refractivity contribution in [2.45, 2.75) is 37.9 Å². The maximum atomic E-state index is 12.7. The molecule has 5 heteroatoms. The fraction of sp³-hybridized carbons (Fsp3) is 0.316. The van der Waals surface area contributed by atoms with E-state index in [1.165, 1.54) is 11.1 Å². The van der Waals surface area contributed by atoms with Gasteiger partial charge in [0.1, 0.15) is 0 Å². The Hall–Kier alpha value is -1.55. The zero-order chi connectivity index (χ0) is 15.9. The van der Waals surface area contributed by atoms with Crippen molar-refractivity contribution < 1.29 is 4.79 Å². The van der Waals surface area contributed by atoms with E-state index in [9.17, 15) is 4.79 Å². The SMILES string of the molecule is Cl.O=C(NCc1ccc2c(c1)CNC2)C1(c2ccc(Cl)cc2)CC1. The average Bonchev–Trinajstić information content (AvgIpc) is 3.24. The second-order valence-electron chi connectivity index (χ2n) is 6.48. The van der Waals surface area contributed by atoms with Crippen molar-refractivity contribution >= 4 is 29.9 Å². The van der Waals surface area contributed by atoms with Crippen LogP contribution in [0.1, 0.15) is 35.1 Å². The maximum Gasteiger partial charge on any atom is 0.230 e. The number of fused-ring (bicyclic) bond motifs is 1. The van der Waals surface area contributed by atoms with Crippen LogP contribution < -0.4 is 10.6 Å². The van der Waals surface area contributed by atoms with Gasteiger partial charge >= 0.3 is 0 Å². The molecule has 0 radical (unpaired) electrons. The third-order valence-electron chi connectivity index (χ3n) is 4.94. The number of halogens is 2. The molecule has 0 atom stereocenters. The Morgan fingerprint density at radius 3 is 2.50 bits per heavy atom. The standard InChI is InChI=1S/C19H19ClN2O.ClH/c20-17-5-3-16(4-6-17)19(7-8-19)18(23)22-10-13-1-2-14-11-21-12-15(14)9-13;/h1-6,9,21H,7-8,10-12H2,(H,22,23);1H. The number of amides is 1. The fourth-order valence-electron chi connectivity index (χ4n) is 3.35. The van der Waals surface area contributed by atoms with Crippen LogP contribution in [0.25, 0.3) is 0 Å². The Balaban J connectivity index is 0.00000169. The molecule has 0 aromatic heterocycles. The zero-order valence-electron chi connectivity index (χ0n) is 13.3. The van der Waals surface area contributed by atoms with Crippen LogP contribution >= 0.6 is 24.0 Å². The van der Waals surface area contributed by atoms with Crippen molar-refractivity contribution in [3.05, 3.63) is 69.7 Å². The van der Waals surface area contributed by atoms with E-state index in [-0.39, 0.29) is 23.7 Å². The largest absolute Gasteiger partial charge is 0.351 e. The molecule has 2 aromatic carbocycles. The number of benzene rings is 2. The molecular weight excluding hydrogens is 343 g/mol. The van der Waals surface area contributed by atoms with E-state index in [0.717, 1.165) is 37.1 Å².